The lowest BCUT2D eigenvalue weighted by Crippen LogP contribution is -2.58. The summed E-state index contributed by atoms with van der Waals surface area (Å²) in [6.45, 7) is -0.00356. The molecule has 1 aliphatic heterocycles. The van der Waals surface area contributed by atoms with Crippen LogP contribution in [-0.4, -0.2) is 56.3 Å². The Balaban J connectivity index is 1.63. The van der Waals surface area contributed by atoms with E-state index >= 15 is 0 Å². The molecule has 32 heavy (non-hydrogen) atoms. The molecule has 6 nitrogen and oxygen atoms in total. The number of rotatable bonds is 7. The fraction of sp³-hybridized carbons (Fsp3) is 0.409. The molecule has 0 unspecified atom stereocenters. The summed E-state index contributed by atoms with van der Waals surface area (Å²) in [7, 11) is -3.42. The van der Waals surface area contributed by atoms with E-state index in [-0.39, 0.29) is 36.0 Å². The molecule has 0 aromatic heterocycles. The molecule has 10 heteroatoms. The van der Waals surface area contributed by atoms with Crippen LogP contribution in [0.15, 0.2) is 36.4 Å². The number of aliphatic hydroxyl groups excluding tert-OH is 1. The van der Waals surface area contributed by atoms with Crippen LogP contribution in [0, 0.1) is 22.9 Å². The highest BCUT2D eigenvalue weighted by Crippen LogP contribution is 2.62. The predicted octanol–water partition coefficient (Wildman–Crippen LogP) is 2.39. The van der Waals surface area contributed by atoms with E-state index < -0.39 is 45.4 Å². The van der Waals surface area contributed by atoms with E-state index in [1.54, 1.807) is 0 Å². The zero-order chi connectivity index (χ0) is 23.3. The van der Waals surface area contributed by atoms with Crippen molar-refractivity contribution in [2.45, 2.75) is 24.8 Å². The van der Waals surface area contributed by atoms with Crippen LogP contribution in [0.3, 0.4) is 0 Å². The minimum absolute atomic E-state index is 0.00706. The zero-order valence-electron chi connectivity index (χ0n) is 17.3. The van der Waals surface area contributed by atoms with Crippen LogP contribution in [0.25, 0.3) is 11.1 Å². The van der Waals surface area contributed by atoms with Gasteiger partial charge in [-0.05, 0) is 48.2 Å². The normalized spacial score (nSPS) is 24.8. The van der Waals surface area contributed by atoms with Crippen LogP contribution in [0.2, 0.25) is 0 Å². The van der Waals surface area contributed by atoms with Crippen molar-refractivity contribution in [1.29, 1.82) is 0 Å². The quantitative estimate of drug-likeness (QED) is 0.654. The van der Waals surface area contributed by atoms with E-state index in [2.05, 4.69) is 4.72 Å². The monoisotopic (exact) mass is 468 g/mol. The third-order valence-corrected chi connectivity index (χ3v) is 7.08. The summed E-state index contributed by atoms with van der Waals surface area (Å²) in [5.41, 5.74) is -1.19. The minimum atomic E-state index is -3.42. The van der Waals surface area contributed by atoms with E-state index in [4.69, 9.17) is 0 Å². The van der Waals surface area contributed by atoms with Crippen LogP contribution in [-0.2, 0) is 14.8 Å². The molecule has 2 aromatic carbocycles. The van der Waals surface area contributed by atoms with E-state index in [9.17, 15) is 31.5 Å². The number of nitrogens with zero attached hydrogens (tertiary/aromatic N) is 1. The first-order valence-electron chi connectivity index (χ1n) is 10.2. The summed E-state index contributed by atoms with van der Waals surface area (Å²) in [6.07, 6.45) is 1.88. The highest BCUT2D eigenvalue weighted by molar-refractivity contribution is 7.88. The number of aliphatic hydroxyl groups is 1. The Morgan fingerprint density at radius 1 is 1.22 bits per heavy atom. The number of sulfonamides is 1. The number of hydrogen-bond donors (Lipinski definition) is 2. The molecule has 3 atom stereocenters. The molecular weight excluding hydrogens is 445 g/mol. The van der Waals surface area contributed by atoms with Gasteiger partial charge in [-0.2, -0.15) is 0 Å². The third-order valence-electron chi connectivity index (χ3n) is 6.39. The van der Waals surface area contributed by atoms with Crippen molar-refractivity contribution in [2.75, 3.05) is 26.0 Å². The lowest BCUT2D eigenvalue weighted by molar-refractivity contribution is -0.146. The average molecular weight is 468 g/mol. The second-order valence-corrected chi connectivity index (χ2v) is 10.3. The van der Waals surface area contributed by atoms with Gasteiger partial charge in [0, 0.05) is 25.0 Å². The molecule has 1 amide bonds. The van der Waals surface area contributed by atoms with Gasteiger partial charge in [-0.15, -0.1) is 0 Å². The summed E-state index contributed by atoms with van der Waals surface area (Å²) >= 11 is 0. The first-order valence-corrected chi connectivity index (χ1v) is 12.1. The SMILES string of the molecule is CS(=O)(=O)NC[C@@H]1CCN1C(=O)[C@]1(CO)C[C@H]1c1ccc(F)cc1-c1c(F)cccc1F. The minimum Gasteiger partial charge on any atom is -0.395 e. The predicted molar refractivity (Wildman–Crippen MR) is 112 cm³/mol. The number of carbonyl (C=O) groups excluding carboxylic acids is 1. The first kappa shape index (κ1) is 22.8. The van der Waals surface area contributed by atoms with Crippen molar-refractivity contribution < 1.29 is 31.5 Å². The van der Waals surface area contributed by atoms with Gasteiger partial charge in [-0.1, -0.05) is 12.1 Å². The Labute approximate surface area is 184 Å². The summed E-state index contributed by atoms with van der Waals surface area (Å²) in [5, 5.41) is 10.1. The average Bonchev–Trinajstić information content (AvgIpc) is 3.42. The molecule has 172 valence electrons. The Morgan fingerprint density at radius 3 is 2.47 bits per heavy atom. The van der Waals surface area contributed by atoms with Crippen LogP contribution in [0.1, 0.15) is 24.3 Å². The molecule has 2 fully saturated rings. The number of hydrogen-bond acceptors (Lipinski definition) is 4. The van der Waals surface area contributed by atoms with Gasteiger partial charge in [0.2, 0.25) is 15.9 Å². The topological polar surface area (TPSA) is 86.7 Å². The fourth-order valence-corrected chi connectivity index (χ4v) is 4.94. The van der Waals surface area contributed by atoms with Gasteiger partial charge < -0.3 is 10.0 Å². The summed E-state index contributed by atoms with van der Waals surface area (Å²) in [4.78, 5) is 14.8. The van der Waals surface area contributed by atoms with Gasteiger partial charge in [0.15, 0.2) is 0 Å². The molecule has 1 saturated carbocycles. The van der Waals surface area contributed by atoms with Crippen LogP contribution in [0.4, 0.5) is 13.2 Å². The summed E-state index contributed by atoms with van der Waals surface area (Å²) in [6, 6.07) is 6.60. The largest absolute Gasteiger partial charge is 0.395 e. The molecule has 4 rings (SSSR count). The van der Waals surface area contributed by atoms with Crippen molar-refractivity contribution in [1.82, 2.24) is 9.62 Å². The van der Waals surface area contributed by atoms with E-state index in [0.717, 1.165) is 30.5 Å². The van der Waals surface area contributed by atoms with Gasteiger partial charge in [0.05, 0.1) is 23.8 Å². The van der Waals surface area contributed by atoms with Crippen molar-refractivity contribution in [3.05, 3.63) is 59.4 Å². The van der Waals surface area contributed by atoms with Gasteiger partial charge in [0.25, 0.3) is 0 Å². The van der Waals surface area contributed by atoms with Gasteiger partial charge in [-0.25, -0.2) is 26.3 Å². The molecule has 2 aliphatic rings. The Hall–Kier alpha value is -2.43. The smallest absolute Gasteiger partial charge is 0.232 e. The maximum absolute atomic E-state index is 14.4. The molecule has 0 spiro atoms. The Bertz CT molecular complexity index is 1150. The Kier molecular flexibility index (Phi) is 5.81. The second-order valence-electron chi connectivity index (χ2n) is 8.46. The van der Waals surface area contributed by atoms with Crippen molar-refractivity contribution in [3.8, 4) is 11.1 Å². The molecule has 1 aliphatic carbocycles. The number of carbonyl (C=O) groups is 1. The maximum atomic E-state index is 14.4. The van der Waals surface area contributed by atoms with Crippen LogP contribution < -0.4 is 4.72 Å². The third kappa shape index (κ3) is 4.02. The molecule has 1 heterocycles. The van der Waals surface area contributed by atoms with E-state index in [0.29, 0.717) is 18.5 Å². The lowest BCUT2D eigenvalue weighted by Gasteiger charge is -2.43. The van der Waals surface area contributed by atoms with Crippen LogP contribution >= 0.6 is 0 Å². The van der Waals surface area contributed by atoms with Gasteiger partial charge in [-0.3, -0.25) is 4.79 Å². The number of benzene rings is 2. The Morgan fingerprint density at radius 2 is 1.91 bits per heavy atom. The number of halogens is 3. The lowest BCUT2D eigenvalue weighted by atomic mass is 9.89. The van der Waals surface area contributed by atoms with E-state index in [1.165, 1.54) is 17.0 Å². The molecule has 2 N–H and O–H groups in total. The molecule has 1 saturated heterocycles. The zero-order valence-corrected chi connectivity index (χ0v) is 18.1. The highest BCUT2D eigenvalue weighted by Gasteiger charge is 2.63. The number of nitrogens with one attached hydrogen (secondary N) is 1. The van der Waals surface area contributed by atoms with Crippen LogP contribution in [0.5, 0.6) is 0 Å². The molecule has 2 aromatic rings. The number of likely N-dealkylation sites (tertiary alicyclic amines) is 1. The van der Waals surface area contributed by atoms with Crippen molar-refractivity contribution in [2.24, 2.45) is 5.41 Å². The van der Waals surface area contributed by atoms with Crippen molar-refractivity contribution in [3.63, 3.8) is 0 Å². The molecular formula is C22H23F3N2O4S. The maximum Gasteiger partial charge on any atom is 0.232 e. The molecule has 0 bridgehead atoms. The summed E-state index contributed by atoms with van der Waals surface area (Å²) < 4.78 is 68.0. The summed E-state index contributed by atoms with van der Waals surface area (Å²) in [5.74, 6) is -3.29. The first-order chi connectivity index (χ1) is 15.1. The molecule has 0 radical (unpaired) electrons. The highest BCUT2D eigenvalue weighted by atomic mass is 32.2. The van der Waals surface area contributed by atoms with Gasteiger partial charge >= 0.3 is 0 Å². The van der Waals surface area contributed by atoms with E-state index in [1.807, 2.05) is 0 Å². The second kappa shape index (κ2) is 8.17. The van der Waals surface area contributed by atoms with Crippen molar-refractivity contribution >= 4 is 15.9 Å². The number of amides is 1. The fourth-order valence-electron chi connectivity index (χ4n) is 4.45. The standard InChI is InChI=1S/C22H23F3N2O4S/c1-32(30,31)26-11-14-7-8-27(14)21(29)22(12-28)10-17(22)15-6-5-13(23)9-16(15)20-18(24)3-2-4-19(20)25/h2-6,9,14,17,26,28H,7-8,10-12H2,1H3/t14-,17-,22-/m0/s1. The van der Waals surface area contributed by atoms with Gasteiger partial charge in [0.1, 0.15) is 17.5 Å².